The van der Waals surface area contributed by atoms with Crippen molar-refractivity contribution in [1.29, 1.82) is 0 Å². The number of piperidine rings is 1. The highest BCUT2D eigenvalue weighted by Gasteiger charge is 2.40. The Kier molecular flexibility index (Phi) is 8.87. The summed E-state index contributed by atoms with van der Waals surface area (Å²) >= 11 is 0. The van der Waals surface area contributed by atoms with E-state index in [1.807, 2.05) is 4.90 Å². The molecule has 6 nitrogen and oxygen atoms in total. The van der Waals surface area contributed by atoms with Crippen LogP contribution >= 0.6 is 12.4 Å². The van der Waals surface area contributed by atoms with Crippen LogP contribution in [0.2, 0.25) is 0 Å². The average molecular weight is 415 g/mol. The van der Waals surface area contributed by atoms with Crippen molar-refractivity contribution in [2.24, 2.45) is 29.4 Å². The molecule has 3 unspecified atom stereocenters. The van der Waals surface area contributed by atoms with E-state index in [4.69, 9.17) is 5.73 Å². The maximum Gasteiger partial charge on any atom is 0.317 e. The molecule has 0 aromatic heterocycles. The fourth-order valence-electron chi connectivity index (χ4n) is 5.35. The number of nitrogens with two attached hydrogens (primary N) is 1. The second kappa shape index (κ2) is 10.7. The van der Waals surface area contributed by atoms with Gasteiger partial charge in [0.1, 0.15) is 0 Å². The molecule has 3 amide bonds. The summed E-state index contributed by atoms with van der Waals surface area (Å²) < 4.78 is 0. The van der Waals surface area contributed by atoms with Gasteiger partial charge in [-0.1, -0.05) is 20.3 Å². The van der Waals surface area contributed by atoms with Crippen LogP contribution in [0, 0.1) is 23.7 Å². The SMILES string of the molecule is CC(C)CNC(=O)N1CCCC(CC(=O)NC2C3CCCC2CC(N)C3)C1.Cl. The number of hydrogen-bond donors (Lipinski definition) is 3. The molecule has 3 fully saturated rings. The highest BCUT2D eigenvalue weighted by Crippen LogP contribution is 2.39. The summed E-state index contributed by atoms with van der Waals surface area (Å²) in [5.41, 5.74) is 6.20. The maximum atomic E-state index is 12.7. The third-order valence-electron chi connectivity index (χ3n) is 6.65. The first kappa shape index (κ1) is 23.3. The van der Waals surface area contributed by atoms with Gasteiger partial charge in [-0.15, -0.1) is 12.4 Å². The van der Waals surface area contributed by atoms with Crippen LogP contribution in [0.15, 0.2) is 0 Å². The van der Waals surface area contributed by atoms with Crippen LogP contribution in [0.5, 0.6) is 0 Å². The van der Waals surface area contributed by atoms with E-state index < -0.39 is 0 Å². The lowest BCUT2D eigenvalue weighted by Crippen LogP contribution is -2.54. The van der Waals surface area contributed by atoms with E-state index in [-0.39, 0.29) is 30.3 Å². The minimum Gasteiger partial charge on any atom is -0.353 e. The minimum absolute atomic E-state index is 0. The Morgan fingerprint density at radius 2 is 1.79 bits per heavy atom. The van der Waals surface area contributed by atoms with Gasteiger partial charge < -0.3 is 21.3 Å². The van der Waals surface area contributed by atoms with Gasteiger partial charge in [0, 0.05) is 38.1 Å². The molecule has 0 radical (unpaired) electrons. The summed E-state index contributed by atoms with van der Waals surface area (Å²) in [5, 5.41) is 6.36. The van der Waals surface area contributed by atoms with Gasteiger partial charge >= 0.3 is 6.03 Å². The molecule has 1 saturated heterocycles. The van der Waals surface area contributed by atoms with E-state index in [1.54, 1.807) is 0 Å². The number of fused-ring (bicyclic) bond motifs is 2. The minimum atomic E-state index is 0. The number of urea groups is 1. The highest BCUT2D eigenvalue weighted by molar-refractivity contribution is 5.85. The van der Waals surface area contributed by atoms with Gasteiger partial charge in [-0.2, -0.15) is 0 Å². The van der Waals surface area contributed by atoms with Crippen molar-refractivity contribution in [2.45, 2.75) is 77.3 Å². The lowest BCUT2D eigenvalue weighted by Gasteiger charge is -2.45. The summed E-state index contributed by atoms with van der Waals surface area (Å²) in [6, 6.07) is 0.648. The van der Waals surface area contributed by atoms with Gasteiger partial charge in [0.15, 0.2) is 0 Å². The molecule has 0 aromatic carbocycles. The van der Waals surface area contributed by atoms with E-state index in [1.165, 1.54) is 19.3 Å². The van der Waals surface area contributed by atoms with Gasteiger partial charge in [0.2, 0.25) is 5.91 Å². The fourth-order valence-corrected chi connectivity index (χ4v) is 5.35. The number of carbonyl (C=O) groups is 2. The van der Waals surface area contributed by atoms with Gasteiger partial charge in [-0.25, -0.2) is 4.79 Å². The van der Waals surface area contributed by atoms with Crippen molar-refractivity contribution >= 4 is 24.3 Å². The Bertz CT molecular complexity index is 517. The van der Waals surface area contributed by atoms with Crippen LogP contribution in [0.1, 0.15) is 65.2 Å². The number of nitrogens with one attached hydrogen (secondary N) is 2. The van der Waals surface area contributed by atoms with E-state index in [0.717, 1.165) is 32.2 Å². The van der Waals surface area contributed by atoms with Crippen LogP contribution < -0.4 is 16.4 Å². The smallest absolute Gasteiger partial charge is 0.317 e. The predicted octanol–water partition coefficient (Wildman–Crippen LogP) is 2.90. The van der Waals surface area contributed by atoms with Crippen LogP contribution in [0.4, 0.5) is 4.79 Å². The van der Waals surface area contributed by atoms with Crippen molar-refractivity contribution in [3.63, 3.8) is 0 Å². The van der Waals surface area contributed by atoms with E-state index >= 15 is 0 Å². The molecule has 1 heterocycles. The normalized spacial score (nSPS) is 32.4. The number of hydrogen-bond acceptors (Lipinski definition) is 3. The molecule has 2 saturated carbocycles. The second-order valence-electron chi connectivity index (χ2n) is 9.51. The number of amides is 3. The van der Waals surface area contributed by atoms with E-state index in [9.17, 15) is 9.59 Å². The molecule has 0 aromatic rings. The standard InChI is InChI=1S/C21H38N4O2.ClH/c1-14(2)12-23-21(27)25-8-4-5-15(13-25)9-19(26)24-20-16-6-3-7-17(20)11-18(22)10-16;/h14-18,20H,3-13,22H2,1-2H3,(H,23,27)(H,24,26);1H. The predicted molar refractivity (Wildman–Crippen MR) is 114 cm³/mol. The van der Waals surface area contributed by atoms with Gasteiger partial charge in [-0.05, 0) is 62.2 Å². The fraction of sp³-hybridized carbons (Fsp3) is 0.905. The van der Waals surface area contributed by atoms with Crippen LogP contribution in [0.3, 0.4) is 0 Å². The Morgan fingerprint density at radius 3 is 2.43 bits per heavy atom. The van der Waals surface area contributed by atoms with Crippen molar-refractivity contribution in [3.8, 4) is 0 Å². The number of likely N-dealkylation sites (tertiary alicyclic amines) is 1. The number of carbonyl (C=O) groups excluding carboxylic acids is 2. The highest BCUT2D eigenvalue weighted by atomic mass is 35.5. The number of nitrogens with zero attached hydrogens (tertiary/aromatic N) is 1. The molecule has 7 heteroatoms. The molecule has 162 valence electrons. The average Bonchev–Trinajstić information content (AvgIpc) is 2.60. The topological polar surface area (TPSA) is 87.5 Å². The van der Waals surface area contributed by atoms with Crippen LogP contribution in [-0.2, 0) is 4.79 Å². The molecular weight excluding hydrogens is 376 g/mol. The zero-order chi connectivity index (χ0) is 19.4. The van der Waals surface area contributed by atoms with Crippen LogP contribution in [0.25, 0.3) is 0 Å². The first-order valence-electron chi connectivity index (χ1n) is 11.0. The first-order chi connectivity index (χ1) is 12.9. The van der Waals surface area contributed by atoms with Crippen LogP contribution in [-0.4, -0.2) is 48.6 Å². The maximum absolute atomic E-state index is 12.7. The Labute approximate surface area is 176 Å². The number of halogens is 1. The summed E-state index contributed by atoms with van der Waals surface area (Å²) in [5.74, 6) is 2.00. The zero-order valence-corrected chi connectivity index (χ0v) is 18.3. The molecule has 3 aliphatic rings. The summed E-state index contributed by atoms with van der Waals surface area (Å²) in [4.78, 5) is 26.9. The van der Waals surface area contributed by atoms with E-state index in [0.29, 0.717) is 49.3 Å². The van der Waals surface area contributed by atoms with Crippen molar-refractivity contribution in [2.75, 3.05) is 19.6 Å². The Morgan fingerprint density at radius 1 is 1.11 bits per heavy atom. The van der Waals surface area contributed by atoms with Crippen molar-refractivity contribution in [1.82, 2.24) is 15.5 Å². The Hall–Kier alpha value is -1.01. The Balaban J connectivity index is 0.00000280. The lowest BCUT2D eigenvalue weighted by molar-refractivity contribution is -0.124. The first-order valence-corrected chi connectivity index (χ1v) is 11.0. The molecule has 3 rings (SSSR count). The van der Waals surface area contributed by atoms with Gasteiger partial charge in [0.05, 0.1) is 0 Å². The lowest BCUT2D eigenvalue weighted by atomic mass is 9.67. The molecule has 2 aliphatic carbocycles. The molecule has 28 heavy (non-hydrogen) atoms. The number of rotatable bonds is 5. The largest absolute Gasteiger partial charge is 0.353 e. The van der Waals surface area contributed by atoms with Crippen molar-refractivity contribution in [3.05, 3.63) is 0 Å². The summed E-state index contributed by atoms with van der Waals surface area (Å²) in [7, 11) is 0. The third kappa shape index (κ3) is 6.24. The molecule has 4 N–H and O–H groups in total. The molecule has 0 spiro atoms. The monoisotopic (exact) mass is 414 g/mol. The molecular formula is C21H39ClN4O2. The summed E-state index contributed by atoms with van der Waals surface area (Å²) in [6.45, 7) is 6.38. The quantitative estimate of drug-likeness (QED) is 0.646. The second-order valence-corrected chi connectivity index (χ2v) is 9.51. The third-order valence-corrected chi connectivity index (χ3v) is 6.65. The van der Waals surface area contributed by atoms with Gasteiger partial charge in [-0.3, -0.25) is 4.79 Å². The van der Waals surface area contributed by atoms with E-state index in [2.05, 4.69) is 24.5 Å². The van der Waals surface area contributed by atoms with Crippen molar-refractivity contribution < 1.29 is 9.59 Å². The molecule has 1 aliphatic heterocycles. The zero-order valence-electron chi connectivity index (χ0n) is 17.5. The van der Waals surface area contributed by atoms with Gasteiger partial charge in [0.25, 0.3) is 0 Å². The molecule has 2 bridgehead atoms. The summed E-state index contributed by atoms with van der Waals surface area (Å²) in [6.07, 6.45) is 8.32. The molecule has 3 atom stereocenters.